The number of hydrogen-bond acceptors (Lipinski definition) is 4. The van der Waals surface area contributed by atoms with E-state index < -0.39 is 17.8 Å². The second-order valence-electron chi connectivity index (χ2n) is 9.84. The molecule has 1 fully saturated rings. The van der Waals surface area contributed by atoms with Gasteiger partial charge >= 0.3 is 6.03 Å². The number of benzene rings is 3. The fraction of sp³-hybridized carbons (Fsp3) is 0.156. The number of nitrogens with one attached hydrogen (secondary N) is 1. The summed E-state index contributed by atoms with van der Waals surface area (Å²) in [7, 11) is 0. The van der Waals surface area contributed by atoms with E-state index >= 15 is 0 Å². The molecule has 0 saturated carbocycles. The largest absolute Gasteiger partial charge is 0.489 e. The van der Waals surface area contributed by atoms with E-state index in [-0.39, 0.29) is 5.57 Å². The zero-order valence-corrected chi connectivity index (χ0v) is 23.4. The van der Waals surface area contributed by atoms with Gasteiger partial charge in [0.2, 0.25) is 0 Å². The van der Waals surface area contributed by atoms with Crippen molar-refractivity contribution in [1.29, 1.82) is 0 Å². The Balaban J connectivity index is 1.41. The lowest BCUT2D eigenvalue weighted by Crippen LogP contribution is -2.54. The van der Waals surface area contributed by atoms with E-state index in [0.717, 1.165) is 38.7 Å². The van der Waals surface area contributed by atoms with Crippen LogP contribution in [0.25, 0.3) is 11.8 Å². The molecule has 202 valence electrons. The lowest BCUT2D eigenvalue weighted by molar-refractivity contribution is -0.122. The second-order valence-corrected chi connectivity index (χ2v) is 10.2. The van der Waals surface area contributed by atoms with Gasteiger partial charge in [-0.1, -0.05) is 35.9 Å². The molecule has 3 aromatic carbocycles. The molecule has 8 heteroatoms. The number of barbiturate groups is 1. The van der Waals surface area contributed by atoms with Gasteiger partial charge < -0.3 is 9.30 Å². The average molecular weight is 554 g/mol. The van der Waals surface area contributed by atoms with Crippen LogP contribution in [-0.4, -0.2) is 22.4 Å². The van der Waals surface area contributed by atoms with Gasteiger partial charge in [-0.15, -0.1) is 0 Å². The van der Waals surface area contributed by atoms with Gasteiger partial charge in [0, 0.05) is 27.7 Å². The molecule has 0 bridgehead atoms. The van der Waals surface area contributed by atoms with Crippen molar-refractivity contribution < 1.29 is 19.1 Å². The van der Waals surface area contributed by atoms with Crippen LogP contribution in [0.5, 0.6) is 5.75 Å². The molecule has 2 heterocycles. The topological polar surface area (TPSA) is 80.6 Å². The number of hydrogen-bond donors (Lipinski definition) is 1. The molecular formula is C32H28ClN3O4. The summed E-state index contributed by atoms with van der Waals surface area (Å²) in [6, 6.07) is 21.8. The van der Waals surface area contributed by atoms with E-state index in [4.69, 9.17) is 16.3 Å². The van der Waals surface area contributed by atoms with E-state index in [1.165, 1.54) is 0 Å². The van der Waals surface area contributed by atoms with Crippen molar-refractivity contribution in [3.8, 4) is 11.4 Å². The molecule has 1 aromatic heterocycles. The third-order valence-electron chi connectivity index (χ3n) is 6.78. The van der Waals surface area contributed by atoms with Crippen molar-refractivity contribution in [2.75, 3.05) is 4.90 Å². The summed E-state index contributed by atoms with van der Waals surface area (Å²) in [6.45, 7) is 7.99. The molecule has 0 unspecified atom stereocenters. The zero-order chi connectivity index (χ0) is 28.6. The molecule has 0 radical (unpaired) electrons. The van der Waals surface area contributed by atoms with Crippen LogP contribution in [0, 0.1) is 27.7 Å². The summed E-state index contributed by atoms with van der Waals surface area (Å²) in [6.07, 6.45) is 1.54. The van der Waals surface area contributed by atoms with E-state index in [1.54, 1.807) is 18.2 Å². The number of rotatable bonds is 6. The highest BCUT2D eigenvalue weighted by Gasteiger charge is 2.37. The van der Waals surface area contributed by atoms with Crippen molar-refractivity contribution >= 4 is 41.2 Å². The first-order chi connectivity index (χ1) is 19.1. The van der Waals surface area contributed by atoms with Crippen LogP contribution in [0.15, 0.2) is 78.4 Å². The minimum absolute atomic E-state index is 0.109. The van der Waals surface area contributed by atoms with E-state index in [0.29, 0.717) is 28.6 Å². The Morgan fingerprint density at radius 3 is 2.20 bits per heavy atom. The maximum absolute atomic E-state index is 13.4. The summed E-state index contributed by atoms with van der Waals surface area (Å²) in [5.41, 5.74) is 6.38. The maximum atomic E-state index is 13.4. The Hall–Kier alpha value is -4.62. The third kappa shape index (κ3) is 5.28. The van der Waals surface area contributed by atoms with E-state index in [9.17, 15) is 14.4 Å². The number of amides is 4. The zero-order valence-electron chi connectivity index (χ0n) is 22.6. The minimum atomic E-state index is -0.764. The first kappa shape index (κ1) is 27.0. The molecule has 1 aliphatic heterocycles. The predicted molar refractivity (Wildman–Crippen MR) is 156 cm³/mol. The van der Waals surface area contributed by atoms with Crippen molar-refractivity contribution in [3.05, 3.63) is 117 Å². The first-order valence-electron chi connectivity index (χ1n) is 12.8. The van der Waals surface area contributed by atoms with Crippen LogP contribution in [0.4, 0.5) is 10.5 Å². The third-order valence-corrected chi connectivity index (χ3v) is 7.15. The number of ether oxygens (including phenoxy) is 1. The van der Waals surface area contributed by atoms with Crippen molar-refractivity contribution in [3.63, 3.8) is 0 Å². The molecule has 0 atom stereocenters. The lowest BCUT2D eigenvalue weighted by Gasteiger charge is -2.27. The fourth-order valence-electron chi connectivity index (χ4n) is 4.93. The molecular weight excluding hydrogens is 526 g/mol. The standard InChI is InChI=1S/C32H28ClN3O4/c1-19-13-20(2)15-26(14-19)36-31(38)28(30(37)34-32(36)39)17-24-16-21(3)35(22(24)4)25-9-11-27(12-10-25)40-18-23-7-5-6-8-29(23)33/h5-17H,18H2,1-4H3,(H,34,37,39)/b28-17+. The fourth-order valence-corrected chi connectivity index (χ4v) is 5.12. The van der Waals surface area contributed by atoms with E-state index in [1.807, 2.05) is 92.9 Å². The van der Waals surface area contributed by atoms with Gasteiger partial charge in [-0.25, -0.2) is 9.69 Å². The molecule has 0 aliphatic carbocycles. The number of aryl methyl sites for hydroxylation is 3. The van der Waals surface area contributed by atoms with Crippen molar-refractivity contribution in [2.45, 2.75) is 34.3 Å². The molecule has 1 aliphatic rings. The number of anilines is 1. The predicted octanol–water partition coefficient (Wildman–Crippen LogP) is 6.61. The number of halogens is 1. The van der Waals surface area contributed by atoms with Gasteiger partial charge in [-0.3, -0.25) is 14.9 Å². The van der Waals surface area contributed by atoms with E-state index in [2.05, 4.69) is 5.32 Å². The molecule has 1 N–H and O–H groups in total. The van der Waals surface area contributed by atoms with Gasteiger partial charge in [-0.2, -0.15) is 0 Å². The monoisotopic (exact) mass is 553 g/mol. The number of aromatic nitrogens is 1. The second kappa shape index (κ2) is 10.9. The number of urea groups is 1. The maximum Gasteiger partial charge on any atom is 0.335 e. The molecule has 5 rings (SSSR count). The van der Waals surface area contributed by atoms with Crippen molar-refractivity contribution in [2.24, 2.45) is 0 Å². The summed E-state index contributed by atoms with van der Waals surface area (Å²) in [4.78, 5) is 39.8. The normalized spacial score (nSPS) is 14.6. The first-order valence-corrected chi connectivity index (χ1v) is 13.2. The van der Waals surface area contributed by atoms with Crippen molar-refractivity contribution in [1.82, 2.24) is 9.88 Å². The number of nitrogens with zero attached hydrogens (tertiary/aromatic N) is 2. The van der Waals surface area contributed by atoms with Crippen LogP contribution in [-0.2, 0) is 16.2 Å². The van der Waals surface area contributed by atoms with Crippen LogP contribution < -0.4 is 15.0 Å². The Kier molecular flexibility index (Phi) is 7.32. The molecule has 4 amide bonds. The molecule has 0 spiro atoms. The summed E-state index contributed by atoms with van der Waals surface area (Å²) >= 11 is 6.23. The van der Waals surface area contributed by atoms with Crippen LogP contribution >= 0.6 is 11.6 Å². The summed E-state index contributed by atoms with van der Waals surface area (Å²) < 4.78 is 7.94. The highest BCUT2D eigenvalue weighted by molar-refractivity contribution is 6.39. The van der Waals surface area contributed by atoms with Gasteiger partial charge in [-0.05, 0) is 99.0 Å². The Morgan fingerprint density at radius 1 is 0.850 bits per heavy atom. The molecule has 4 aromatic rings. The number of imide groups is 2. The number of carbonyl (C=O) groups excluding carboxylic acids is 3. The van der Waals surface area contributed by atoms with Crippen LogP contribution in [0.2, 0.25) is 5.02 Å². The smallest absolute Gasteiger partial charge is 0.335 e. The quantitative estimate of drug-likeness (QED) is 0.215. The lowest BCUT2D eigenvalue weighted by atomic mass is 10.1. The molecule has 40 heavy (non-hydrogen) atoms. The Bertz CT molecular complexity index is 1660. The van der Waals surface area contributed by atoms with Crippen LogP contribution in [0.1, 0.15) is 33.6 Å². The summed E-state index contributed by atoms with van der Waals surface area (Å²) in [5.74, 6) is -0.682. The van der Waals surface area contributed by atoms with Gasteiger partial charge in [0.05, 0.1) is 5.69 Å². The van der Waals surface area contributed by atoms with Gasteiger partial charge in [0.15, 0.2) is 0 Å². The average Bonchev–Trinajstić information content (AvgIpc) is 3.18. The SMILES string of the molecule is Cc1cc(C)cc(N2C(=O)NC(=O)/C(=C\c3cc(C)n(-c4ccc(OCc5ccccc5Cl)cc4)c3C)C2=O)c1. The Labute approximate surface area is 237 Å². The Morgan fingerprint density at radius 2 is 1.52 bits per heavy atom. The minimum Gasteiger partial charge on any atom is -0.489 e. The highest BCUT2D eigenvalue weighted by Crippen LogP contribution is 2.28. The molecule has 7 nitrogen and oxygen atoms in total. The van der Waals surface area contributed by atoms with Gasteiger partial charge in [0.1, 0.15) is 17.9 Å². The highest BCUT2D eigenvalue weighted by atomic mass is 35.5. The number of carbonyl (C=O) groups is 3. The summed E-state index contributed by atoms with van der Waals surface area (Å²) in [5, 5.41) is 2.96. The molecule has 1 saturated heterocycles. The van der Waals surface area contributed by atoms with Crippen LogP contribution in [0.3, 0.4) is 0 Å². The van der Waals surface area contributed by atoms with Gasteiger partial charge in [0.25, 0.3) is 11.8 Å².